The third kappa shape index (κ3) is 3.76. The number of aryl methyl sites for hydroxylation is 1. The van der Waals surface area contributed by atoms with Crippen LogP contribution in [-0.4, -0.2) is 0 Å². The Morgan fingerprint density at radius 3 is 2.29 bits per heavy atom. The predicted octanol–water partition coefficient (Wildman–Crippen LogP) is 5.96. The molecule has 112 valence electrons. The molecule has 0 aromatic heterocycles. The summed E-state index contributed by atoms with van der Waals surface area (Å²) in [6, 6.07) is 10.5. The van der Waals surface area contributed by atoms with Crippen LogP contribution < -0.4 is 4.74 Å². The van der Waals surface area contributed by atoms with Crippen LogP contribution in [0.5, 0.6) is 11.5 Å². The van der Waals surface area contributed by atoms with Crippen LogP contribution in [-0.2, 0) is 11.3 Å². The smallest absolute Gasteiger partial charge is 0.132 e. The Labute approximate surface area is 130 Å². The zero-order valence-corrected chi connectivity index (χ0v) is 13.6. The summed E-state index contributed by atoms with van der Waals surface area (Å²) in [5, 5.41) is 0. The molecule has 0 aliphatic rings. The lowest BCUT2D eigenvalue weighted by atomic mass is 9.86. The SMILES string of the molecule is Cc1cc(C(C)(C)C)ccc1Oc1ccc(F)cc1CCl. The Morgan fingerprint density at radius 1 is 1.05 bits per heavy atom. The molecule has 0 bridgehead atoms. The van der Waals surface area contributed by atoms with E-state index in [0.29, 0.717) is 11.3 Å². The van der Waals surface area contributed by atoms with E-state index in [1.54, 1.807) is 6.07 Å². The fourth-order valence-corrected chi connectivity index (χ4v) is 2.31. The molecule has 1 nitrogen and oxygen atoms in total. The highest BCUT2D eigenvalue weighted by Crippen LogP contribution is 2.32. The maximum absolute atomic E-state index is 13.2. The molecule has 0 amide bonds. The summed E-state index contributed by atoms with van der Waals surface area (Å²) >= 11 is 5.85. The number of ether oxygens (including phenoxy) is 1. The highest BCUT2D eigenvalue weighted by Gasteiger charge is 2.15. The first-order chi connectivity index (χ1) is 9.81. The number of hydrogen-bond donors (Lipinski definition) is 0. The average molecular weight is 307 g/mol. The minimum atomic E-state index is -0.308. The fourth-order valence-electron chi connectivity index (χ4n) is 2.10. The summed E-state index contributed by atoms with van der Waals surface area (Å²) in [6.45, 7) is 8.53. The van der Waals surface area contributed by atoms with Crippen LogP contribution in [0.2, 0.25) is 0 Å². The molecule has 0 saturated heterocycles. The van der Waals surface area contributed by atoms with E-state index in [-0.39, 0.29) is 17.1 Å². The summed E-state index contributed by atoms with van der Waals surface area (Å²) in [5.41, 5.74) is 3.05. The maximum Gasteiger partial charge on any atom is 0.132 e. The molecule has 0 radical (unpaired) electrons. The molecule has 0 saturated carbocycles. The molecule has 0 N–H and O–H groups in total. The van der Waals surface area contributed by atoms with Crippen LogP contribution in [0.25, 0.3) is 0 Å². The second-order valence-electron chi connectivity index (χ2n) is 6.22. The molecule has 2 rings (SSSR count). The number of rotatable bonds is 3. The van der Waals surface area contributed by atoms with E-state index in [2.05, 4.69) is 32.9 Å². The molecule has 0 aliphatic heterocycles. The lowest BCUT2D eigenvalue weighted by Gasteiger charge is -2.21. The van der Waals surface area contributed by atoms with Crippen molar-refractivity contribution < 1.29 is 9.13 Å². The van der Waals surface area contributed by atoms with E-state index >= 15 is 0 Å². The Kier molecular flexibility index (Phi) is 4.58. The standard InChI is InChI=1S/C18H20ClFO/c1-12-9-14(18(2,3)4)5-7-16(12)21-17-8-6-15(20)10-13(17)11-19/h5-10H,11H2,1-4H3. The summed E-state index contributed by atoms with van der Waals surface area (Å²) in [6.07, 6.45) is 0. The third-order valence-corrected chi connectivity index (χ3v) is 3.72. The van der Waals surface area contributed by atoms with Gasteiger partial charge in [0.2, 0.25) is 0 Å². The molecule has 2 aromatic rings. The average Bonchev–Trinajstić information content (AvgIpc) is 2.41. The molecule has 0 aliphatic carbocycles. The van der Waals surface area contributed by atoms with Gasteiger partial charge in [0.05, 0.1) is 5.88 Å². The Balaban J connectivity index is 2.32. The molecule has 3 heteroatoms. The maximum atomic E-state index is 13.2. The zero-order chi connectivity index (χ0) is 15.6. The van der Waals surface area contributed by atoms with E-state index < -0.39 is 0 Å². The zero-order valence-electron chi connectivity index (χ0n) is 12.8. The van der Waals surface area contributed by atoms with Crippen molar-refractivity contribution in [1.29, 1.82) is 0 Å². The van der Waals surface area contributed by atoms with E-state index in [1.807, 2.05) is 13.0 Å². The summed E-state index contributed by atoms with van der Waals surface area (Å²) in [7, 11) is 0. The van der Waals surface area contributed by atoms with Gasteiger partial charge in [-0.25, -0.2) is 4.39 Å². The summed E-state index contributed by atoms with van der Waals surface area (Å²) in [4.78, 5) is 0. The molecule has 21 heavy (non-hydrogen) atoms. The van der Waals surface area contributed by atoms with Gasteiger partial charge >= 0.3 is 0 Å². The number of halogens is 2. The van der Waals surface area contributed by atoms with Gasteiger partial charge in [-0.3, -0.25) is 0 Å². The van der Waals surface area contributed by atoms with Gasteiger partial charge in [0.15, 0.2) is 0 Å². The second-order valence-corrected chi connectivity index (χ2v) is 6.49. The summed E-state index contributed by atoms with van der Waals surface area (Å²) in [5.74, 6) is 1.27. The van der Waals surface area contributed by atoms with Crippen LogP contribution in [0.3, 0.4) is 0 Å². The highest BCUT2D eigenvalue weighted by atomic mass is 35.5. The van der Waals surface area contributed by atoms with Gasteiger partial charge in [0.1, 0.15) is 17.3 Å². The molecular formula is C18H20ClFO. The van der Waals surface area contributed by atoms with Gasteiger partial charge in [-0.15, -0.1) is 11.6 Å². The van der Waals surface area contributed by atoms with Crippen molar-refractivity contribution in [2.75, 3.05) is 0 Å². The van der Waals surface area contributed by atoms with E-state index in [4.69, 9.17) is 16.3 Å². The van der Waals surface area contributed by atoms with Crippen LogP contribution in [0.15, 0.2) is 36.4 Å². The molecule has 0 unspecified atom stereocenters. The quantitative estimate of drug-likeness (QED) is 0.635. The van der Waals surface area contributed by atoms with Crippen molar-refractivity contribution >= 4 is 11.6 Å². The molecule has 0 atom stereocenters. The fraction of sp³-hybridized carbons (Fsp3) is 0.333. The minimum absolute atomic E-state index is 0.0977. The first-order valence-corrected chi connectivity index (χ1v) is 7.48. The first kappa shape index (κ1) is 15.8. The molecule has 0 heterocycles. The molecular weight excluding hydrogens is 287 g/mol. The van der Waals surface area contributed by atoms with Crippen LogP contribution >= 0.6 is 11.6 Å². The largest absolute Gasteiger partial charge is 0.457 e. The van der Waals surface area contributed by atoms with E-state index in [1.165, 1.54) is 17.7 Å². The Bertz CT molecular complexity index is 644. The lowest BCUT2D eigenvalue weighted by molar-refractivity contribution is 0.471. The monoisotopic (exact) mass is 306 g/mol. The van der Waals surface area contributed by atoms with Gasteiger partial charge in [0.25, 0.3) is 0 Å². The van der Waals surface area contributed by atoms with Crippen molar-refractivity contribution in [2.24, 2.45) is 0 Å². The topological polar surface area (TPSA) is 9.23 Å². The highest BCUT2D eigenvalue weighted by molar-refractivity contribution is 6.17. The predicted molar refractivity (Wildman–Crippen MR) is 85.9 cm³/mol. The number of alkyl halides is 1. The van der Waals surface area contributed by atoms with E-state index in [9.17, 15) is 4.39 Å². The number of hydrogen-bond acceptors (Lipinski definition) is 1. The second kappa shape index (κ2) is 6.07. The van der Waals surface area contributed by atoms with Crippen LogP contribution in [0.4, 0.5) is 4.39 Å². The Hall–Kier alpha value is -1.54. The normalized spacial score (nSPS) is 11.5. The van der Waals surface area contributed by atoms with Crippen molar-refractivity contribution in [2.45, 2.75) is 39.0 Å². The third-order valence-electron chi connectivity index (χ3n) is 3.43. The van der Waals surface area contributed by atoms with Gasteiger partial charge in [0, 0.05) is 5.56 Å². The number of benzene rings is 2. The molecule has 2 aromatic carbocycles. The Morgan fingerprint density at radius 2 is 1.71 bits per heavy atom. The lowest BCUT2D eigenvalue weighted by Crippen LogP contribution is -2.11. The van der Waals surface area contributed by atoms with E-state index in [0.717, 1.165) is 11.3 Å². The van der Waals surface area contributed by atoms with Gasteiger partial charge in [-0.05, 0) is 47.7 Å². The van der Waals surface area contributed by atoms with Gasteiger partial charge in [-0.1, -0.05) is 32.9 Å². The van der Waals surface area contributed by atoms with Gasteiger partial charge < -0.3 is 4.74 Å². The van der Waals surface area contributed by atoms with Crippen molar-refractivity contribution in [3.63, 3.8) is 0 Å². The molecule has 0 fully saturated rings. The summed E-state index contributed by atoms with van der Waals surface area (Å²) < 4.78 is 19.1. The minimum Gasteiger partial charge on any atom is -0.457 e. The first-order valence-electron chi connectivity index (χ1n) is 6.94. The van der Waals surface area contributed by atoms with Crippen LogP contribution in [0.1, 0.15) is 37.5 Å². The van der Waals surface area contributed by atoms with Crippen LogP contribution in [0, 0.1) is 12.7 Å². The molecule has 0 spiro atoms. The van der Waals surface area contributed by atoms with Gasteiger partial charge in [-0.2, -0.15) is 0 Å². The van der Waals surface area contributed by atoms with Crippen molar-refractivity contribution in [3.05, 3.63) is 58.9 Å². The van der Waals surface area contributed by atoms with Crippen molar-refractivity contribution in [3.8, 4) is 11.5 Å². The van der Waals surface area contributed by atoms with Crippen molar-refractivity contribution in [1.82, 2.24) is 0 Å².